The third-order valence-corrected chi connectivity index (χ3v) is 9.78. The van der Waals surface area contributed by atoms with Crippen LogP contribution >= 0.6 is 0 Å². The lowest BCUT2D eigenvalue weighted by Gasteiger charge is -2.41. The molecule has 0 spiro atoms. The summed E-state index contributed by atoms with van der Waals surface area (Å²) in [6.07, 6.45) is -2.03. The molecule has 2 heterocycles. The number of ether oxygens (including phenoxy) is 4. The van der Waals surface area contributed by atoms with Gasteiger partial charge in [0, 0.05) is 34.7 Å². The minimum Gasteiger partial charge on any atom is -0.507 e. The second-order valence-corrected chi connectivity index (χ2v) is 13.4. The predicted molar refractivity (Wildman–Crippen MR) is 196 cm³/mol. The first-order valence-electron chi connectivity index (χ1n) is 17.7. The van der Waals surface area contributed by atoms with E-state index in [0.29, 0.717) is 25.9 Å². The van der Waals surface area contributed by atoms with Crippen LogP contribution in [0.3, 0.4) is 0 Å². The number of guanidine groups is 1. The monoisotopic (exact) mass is 744 g/mol. The SMILES string of the molecule is CC(=O)Oc1cc(CO)c2c(c1/C=C/c1ccccc1)C(=O)c1cc(O[C@H]3O[C@@H](C)[C@@H](O)[C@@H](O)[C@H]3OCCN=C(N)N)c(C3CCNCC3)c(O)c1C2=O. The molecule has 0 aromatic heterocycles. The smallest absolute Gasteiger partial charge is 0.308 e. The van der Waals surface area contributed by atoms with Crippen molar-refractivity contribution in [2.75, 3.05) is 26.2 Å². The lowest BCUT2D eigenvalue weighted by Crippen LogP contribution is -2.59. The molecule has 9 N–H and O–H groups in total. The van der Waals surface area contributed by atoms with Crippen molar-refractivity contribution < 1.29 is 53.8 Å². The van der Waals surface area contributed by atoms with E-state index in [-0.39, 0.29) is 75.5 Å². The number of phenols is 1. The molecule has 1 aliphatic carbocycles. The fourth-order valence-corrected chi connectivity index (χ4v) is 7.19. The molecule has 0 saturated carbocycles. The molecule has 5 atom stereocenters. The molecule has 3 aromatic carbocycles. The van der Waals surface area contributed by atoms with Crippen molar-refractivity contribution in [1.82, 2.24) is 5.32 Å². The first-order valence-corrected chi connectivity index (χ1v) is 17.7. The first kappa shape index (κ1) is 38.6. The maximum Gasteiger partial charge on any atom is 0.308 e. The number of aromatic hydroxyl groups is 1. The van der Waals surface area contributed by atoms with Crippen LogP contribution in [0.2, 0.25) is 0 Å². The Bertz CT molecular complexity index is 1970. The number of aliphatic hydroxyl groups is 3. The molecule has 0 unspecified atom stereocenters. The summed E-state index contributed by atoms with van der Waals surface area (Å²) >= 11 is 0. The number of piperidine rings is 1. The van der Waals surface area contributed by atoms with Gasteiger partial charge in [0.25, 0.3) is 0 Å². The van der Waals surface area contributed by atoms with Crippen molar-refractivity contribution in [2.24, 2.45) is 16.5 Å². The van der Waals surface area contributed by atoms with Gasteiger partial charge in [-0.2, -0.15) is 0 Å². The molecule has 2 saturated heterocycles. The van der Waals surface area contributed by atoms with E-state index < -0.39 is 60.6 Å². The number of aliphatic imine (C=N–C) groups is 1. The van der Waals surface area contributed by atoms with Crippen LogP contribution in [0.4, 0.5) is 0 Å². The van der Waals surface area contributed by atoms with Crippen LogP contribution in [0.15, 0.2) is 47.5 Å². The van der Waals surface area contributed by atoms with Crippen molar-refractivity contribution in [3.63, 3.8) is 0 Å². The molecule has 2 fully saturated rings. The second kappa shape index (κ2) is 16.5. The summed E-state index contributed by atoms with van der Waals surface area (Å²) in [5, 5.41) is 47.6. The normalized spacial score (nSPS) is 22.8. The van der Waals surface area contributed by atoms with E-state index in [1.165, 1.54) is 19.1 Å². The minimum atomic E-state index is -1.47. The molecule has 3 aromatic rings. The Balaban J connectivity index is 1.51. The molecule has 286 valence electrons. The number of nitrogens with two attached hydrogens (primary N) is 2. The molecular formula is C39H44N4O11. The fraction of sp³-hybridized carbons (Fsp3) is 0.385. The number of benzene rings is 3. The highest BCUT2D eigenvalue weighted by Crippen LogP contribution is 2.48. The Morgan fingerprint density at radius 3 is 2.39 bits per heavy atom. The molecule has 3 aliphatic rings. The summed E-state index contributed by atoms with van der Waals surface area (Å²) in [5.74, 6) is -3.12. The van der Waals surface area contributed by atoms with E-state index >= 15 is 0 Å². The summed E-state index contributed by atoms with van der Waals surface area (Å²) < 4.78 is 23.8. The van der Waals surface area contributed by atoms with Crippen molar-refractivity contribution in [2.45, 2.75) is 69.9 Å². The third-order valence-electron chi connectivity index (χ3n) is 9.78. The number of phenolic OH excluding ortho intramolecular Hbond substituents is 1. The number of nitrogens with zero attached hydrogens (tertiary/aromatic N) is 1. The maximum atomic E-state index is 14.8. The number of hydrogen-bond acceptors (Lipinski definition) is 13. The molecular weight excluding hydrogens is 700 g/mol. The molecule has 0 amide bonds. The minimum absolute atomic E-state index is 0.00117. The number of carbonyl (C=O) groups excluding carboxylic acids is 3. The van der Waals surface area contributed by atoms with Crippen LogP contribution in [0, 0.1) is 0 Å². The quantitative estimate of drug-likeness (QED) is 0.0289. The zero-order valence-electron chi connectivity index (χ0n) is 29.9. The zero-order chi connectivity index (χ0) is 38.7. The maximum absolute atomic E-state index is 14.8. The highest BCUT2D eigenvalue weighted by atomic mass is 16.7. The molecule has 15 nitrogen and oxygen atoms in total. The Morgan fingerprint density at radius 2 is 1.72 bits per heavy atom. The fourth-order valence-electron chi connectivity index (χ4n) is 7.19. The lowest BCUT2D eigenvalue weighted by atomic mass is 9.76. The number of nitrogens with one attached hydrogen (secondary N) is 1. The van der Waals surface area contributed by atoms with Crippen LogP contribution in [-0.2, 0) is 20.9 Å². The van der Waals surface area contributed by atoms with Gasteiger partial charge in [0.2, 0.25) is 6.29 Å². The number of esters is 1. The molecule has 54 heavy (non-hydrogen) atoms. The van der Waals surface area contributed by atoms with E-state index in [9.17, 15) is 34.8 Å². The van der Waals surface area contributed by atoms with Gasteiger partial charge in [-0.1, -0.05) is 36.4 Å². The standard InChI is InChI=1S/C39H44N4O11/c1-19-32(46)36(50)37(51-15-14-43-39(40)41)38(52-19)54-27-17-25-31(34(48)28(27)22-10-12-42-13-11-22)35(49)29-23(18-44)16-26(53-20(2)45)24(30(29)33(25)47)9-8-21-6-4-3-5-7-21/h3-9,16-17,19,22,32,36-38,42,44,46,48,50H,10-15,18H2,1-2H3,(H4,40,41,43)/b9-8+/t19-,32+,36+,37+,38+/m0/s1. The topological polar surface area (TPSA) is 245 Å². The molecule has 0 bridgehead atoms. The largest absolute Gasteiger partial charge is 0.507 e. The van der Waals surface area contributed by atoms with E-state index in [1.807, 2.05) is 30.3 Å². The third kappa shape index (κ3) is 7.73. The number of aliphatic hydroxyl groups excluding tert-OH is 3. The number of carbonyl (C=O) groups is 3. The van der Waals surface area contributed by atoms with Crippen LogP contribution in [0.1, 0.15) is 86.7 Å². The first-order chi connectivity index (χ1) is 25.9. The van der Waals surface area contributed by atoms with Gasteiger partial charge in [0.1, 0.15) is 35.6 Å². The van der Waals surface area contributed by atoms with Crippen molar-refractivity contribution in [3.05, 3.63) is 87.0 Å². The Labute approximate surface area is 311 Å². The summed E-state index contributed by atoms with van der Waals surface area (Å²) in [5.41, 5.74) is 11.3. The summed E-state index contributed by atoms with van der Waals surface area (Å²) in [6.45, 7) is 3.21. The average molecular weight is 745 g/mol. The highest BCUT2D eigenvalue weighted by molar-refractivity contribution is 6.31. The molecule has 6 rings (SSSR count). The van der Waals surface area contributed by atoms with Gasteiger partial charge in [-0.05, 0) is 68.1 Å². The van der Waals surface area contributed by atoms with Gasteiger partial charge in [-0.25, -0.2) is 0 Å². The van der Waals surface area contributed by atoms with Crippen LogP contribution in [-0.4, -0.2) is 101 Å². The zero-order valence-corrected chi connectivity index (χ0v) is 29.9. The number of hydrogen-bond donors (Lipinski definition) is 7. The summed E-state index contributed by atoms with van der Waals surface area (Å²) in [7, 11) is 0. The van der Waals surface area contributed by atoms with Crippen molar-refractivity contribution >= 4 is 35.6 Å². The van der Waals surface area contributed by atoms with E-state index in [0.717, 1.165) is 5.56 Å². The van der Waals surface area contributed by atoms with Crippen LogP contribution in [0.5, 0.6) is 17.2 Å². The second-order valence-electron chi connectivity index (χ2n) is 13.4. The number of ketones is 2. The van der Waals surface area contributed by atoms with Gasteiger partial charge in [-0.3, -0.25) is 19.4 Å². The summed E-state index contributed by atoms with van der Waals surface area (Å²) in [6, 6.07) is 11.8. The number of fused-ring (bicyclic) bond motifs is 2. The predicted octanol–water partition coefficient (Wildman–Crippen LogP) is 1.73. The molecule has 2 aliphatic heterocycles. The van der Waals surface area contributed by atoms with Gasteiger partial charge < -0.3 is 56.2 Å². The van der Waals surface area contributed by atoms with E-state index in [2.05, 4.69) is 10.3 Å². The highest BCUT2D eigenvalue weighted by Gasteiger charge is 2.46. The van der Waals surface area contributed by atoms with Crippen molar-refractivity contribution in [1.29, 1.82) is 0 Å². The Hall–Kier alpha value is -5.16. The van der Waals surface area contributed by atoms with Crippen molar-refractivity contribution in [3.8, 4) is 17.2 Å². The molecule has 15 heteroatoms. The Morgan fingerprint density at radius 1 is 1.00 bits per heavy atom. The summed E-state index contributed by atoms with van der Waals surface area (Å²) in [4.78, 5) is 45.5. The van der Waals surface area contributed by atoms with Gasteiger partial charge in [-0.15, -0.1) is 0 Å². The average Bonchev–Trinajstić information content (AvgIpc) is 3.15. The lowest BCUT2D eigenvalue weighted by molar-refractivity contribution is -0.278. The van der Waals surface area contributed by atoms with E-state index in [4.69, 9.17) is 30.4 Å². The van der Waals surface area contributed by atoms with Crippen LogP contribution in [0.25, 0.3) is 12.2 Å². The molecule has 0 radical (unpaired) electrons. The Kier molecular flexibility index (Phi) is 11.8. The van der Waals surface area contributed by atoms with Gasteiger partial charge in [0.05, 0.1) is 31.4 Å². The van der Waals surface area contributed by atoms with Gasteiger partial charge in [0.15, 0.2) is 17.5 Å². The number of rotatable bonds is 11. The van der Waals surface area contributed by atoms with E-state index in [1.54, 1.807) is 19.1 Å². The van der Waals surface area contributed by atoms with Crippen LogP contribution < -0.4 is 26.3 Å². The van der Waals surface area contributed by atoms with Gasteiger partial charge >= 0.3 is 5.97 Å².